The molecule has 0 fully saturated rings. The SMILES string of the molecule is CCNC(=O)CNC(=O)COC(=O)[C@@H](NC(=O)c1ccccc1OC)C(C)C. The van der Waals surface area contributed by atoms with E-state index in [-0.39, 0.29) is 23.9 Å². The number of rotatable bonds is 10. The van der Waals surface area contributed by atoms with Crippen LogP contribution in [0.1, 0.15) is 31.1 Å². The molecule has 0 aliphatic rings. The maximum atomic E-state index is 12.5. The molecule has 0 radical (unpaired) electrons. The summed E-state index contributed by atoms with van der Waals surface area (Å²) in [6, 6.07) is 5.67. The van der Waals surface area contributed by atoms with Gasteiger partial charge in [-0.15, -0.1) is 0 Å². The monoisotopic (exact) mass is 393 g/mol. The smallest absolute Gasteiger partial charge is 0.329 e. The number of amides is 3. The van der Waals surface area contributed by atoms with E-state index in [0.717, 1.165) is 0 Å². The van der Waals surface area contributed by atoms with Crippen molar-refractivity contribution in [2.45, 2.75) is 26.8 Å². The highest BCUT2D eigenvalue weighted by Gasteiger charge is 2.27. The Bertz CT molecular complexity index is 705. The molecule has 1 atom stereocenters. The van der Waals surface area contributed by atoms with Crippen LogP contribution >= 0.6 is 0 Å². The van der Waals surface area contributed by atoms with Gasteiger partial charge >= 0.3 is 5.97 Å². The molecule has 0 aliphatic carbocycles. The highest BCUT2D eigenvalue weighted by Crippen LogP contribution is 2.17. The fraction of sp³-hybridized carbons (Fsp3) is 0.474. The van der Waals surface area contributed by atoms with Gasteiger partial charge in [0.15, 0.2) is 6.61 Å². The Morgan fingerprint density at radius 3 is 2.32 bits per heavy atom. The van der Waals surface area contributed by atoms with Crippen molar-refractivity contribution in [1.82, 2.24) is 16.0 Å². The number of benzene rings is 1. The zero-order valence-electron chi connectivity index (χ0n) is 16.5. The maximum absolute atomic E-state index is 12.5. The highest BCUT2D eigenvalue weighted by atomic mass is 16.5. The molecule has 28 heavy (non-hydrogen) atoms. The number of nitrogens with one attached hydrogen (secondary N) is 3. The molecule has 9 heteroatoms. The van der Waals surface area contributed by atoms with Gasteiger partial charge in [0.25, 0.3) is 11.8 Å². The second-order valence-corrected chi connectivity index (χ2v) is 6.23. The minimum atomic E-state index is -0.950. The lowest BCUT2D eigenvalue weighted by Crippen LogP contribution is -2.46. The summed E-state index contributed by atoms with van der Waals surface area (Å²) in [5.74, 6) is -2.09. The number of hydrogen-bond donors (Lipinski definition) is 3. The van der Waals surface area contributed by atoms with Crippen LogP contribution in [0.5, 0.6) is 5.75 Å². The summed E-state index contributed by atoms with van der Waals surface area (Å²) in [6.07, 6.45) is 0. The van der Waals surface area contributed by atoms with Gasteiger partial charge in [-0.25, -0.2) is 4.79 Å². The van der Waals surface area contributed by atoms with E-state index in [1.807, 2.05) is 0 Å². The Balaban J connectivity index is 2.63. The molecule has 0 spiro atoms. The summed E-state index contributed by atoms with van der Waals surface area (Å²) < 4.78 is 10.1. The Hall–Kier alpha value is -3.10. The van der Waals surface area contributed by atoms with Gasteiger partial charge in [-0.1, -0.05) is 26.0 Å². The molecule has 1 rings (SSSR count). The fourth-order valence-corrected chi connectivity index (χ4v) is 2.26. The number of carbonyl (C=O) groups excluding carboxylic acids is 4. The fourth-order valence-electron chi connectivity index (χ4n) is 2.26. The lowest BCUT2D eigenvalue weighted by Gasteiger charge is -2.21. The van der Waals surface area contributed by atoms with Gasteiger partial charge in [-0.3, -0.25) is 14.4 Å². The van der Waals surface area contributed by atoms with Crippen LogP contribution in [0.4, 0.5) is 0 Å². The quantitative estimate of drug-likeness (QED) is 0.490. The summed E-state index contributed by atoms with van der Waals surface area (Å²) in [5.41, 5.74) is 0.281. The Kier molecular flexibility index (Phi) is 9.49. The minimum absolute atomic E-state index is 0.206. The summed E-state index contributed by atoms with van der Waals surface area (Å²) in [7, 11) is 1.44. The van der Waals surface area contributed by atoms with Gasteiger partial charge in [-0.2, -0.15) is 0 Å². The number of carbonyl (C=O) groups is 4. The second kappa shape index (κ2) is 11.6. The molecule has 0 bridgehead atoms. The van der Waals surface area contributed by atoms with Crippen molar-refractivity contribution >= 4 is 23.7 Å². The molecule has 1 aromatic rings. The molecule has 0 saturated heterocycles. The number of likely N-dealkylation sites (N-methyl/N-ethyl adjacent to an activating group) is 1. The van der Waals surface area contributed by atoms with E-state index in [2.05, 4.69) is 16.0 Å². The third-order valence-corrected chi connectivity index (χ3v) is 3.72. The van der Waals surface area contributed by atoms with Crippen molar-refractivity contribution in [2.75, 3.05) is 26.8 Å². The molecule has 1 aromatic carbocycles. The van der Waals surface area contributed by atoms with Crippen LogP contribution in [0.25, 0.3) is 0 Å². The Labute approximate surface area is 164 Å². The van der Waals surface area contributed by atoms with E-state index in [4.69, 9.17) is 9.47 Å². The van der Waals surface area contributed by atoms with E-state index < -0.39 is 30.4 Å². The first-order valence-electron chi connectivity index (χ1n) is 8.94. The highest BCUT2D eigenvalue weighted by molar-refractivity contribution is 5.99. The number of methoxy groups -OCH3 is 1. The average Bonchev–Trinajstić information content (AvgIpc) is 2.68. The lowest BCUT2D eigenvalue weighted by molar-refractivity contribution is -0.151. The summed E-state index contributed by atoms with van der Waals surface area (Å²) in [6.45, 7) is 4.93. The van der Waals surface area contributed by atoms with Gasteiger partial charge in [0, 0.05) is 6.54 Å². The first-order valence-corrected chi connectivity index (χ1v) is 8.94. The molecule has 0 heterocycles. The molecular weight excluding hydrogens is 366 g/mol. The molecule has 0 aliphatic heterocycles. The van der Waals surface area contributed by atoms with Crippen molar-refractivity contribution < 1.29 is 28.7 Å². The van der Waals surface area contributed by atoms with Crippen LogP contribution in [0, 0.1) is 5.92 Å². The average molecular weight is 393 g/mol. The first kappa shape index (κ1) is 22.9. The van der Waals surface area contributed by atoms with Crippen LogP contribution in [0.2, 0.25) is 0 Å². The van der Waals surface area contributed by atoms with Crippen molar-refractivity contribution in [3.05, 3.63) is 29.8 Å². The Morgan fingerprint density at radius 1 is 1.04 bits per heavy atom. The zero-order valence-corrected chi connectivity index (χ0v) is 16.5. The molecule has 0 saturated carbocycles. The number of ether oxygens (including phenoxy) is 2. The van der Waals surface area contributed by atoms with Gasteiger partial charge in [-0.05, 0) is 25.0 Å². The van der Waals surface area contributed by atoms with E-state index >= 15 is 0 Å². The van der Waals surface area contributed by atoms with Gasteiger partial charge in [0.05, 0.1) is 19.2 Å². The molecule has 154 valence electrons. The van der Waals surface area contributed by atoms with Crippen LogP contribution in [-0.4, -0.2) is 56.5 Å². The molecular formula is C19H27N3O6. The van der Waals surface area contributed by atoms with E-state index in [0.29, 0.717) is 12.3 Å². The molecule has 9 nitrogen and oxygen atoms in total. The topological polar surface area (TPSA) is 123 Å². The summed E-state index contributed by atoms with van der Waals surface area (Å²) in [5, 5.41) is 7.48. The zero-order chi connectivity index (χ0) is 21.1. The van der Waals surface area contributed by atoms with E-state index in [9.17, 15) is 19.2 Å². The minimum Gasteiger partial charge on any atom is -0.496 e. The van der Waals surface area contributed by atoms with Crippen LogP contribution in [-0.2, 0) is 19.1 Å². The predicted octanol–water partition coefficient (Wildman–Crippen LogP) is 0.245. The molecule has 3 amide bonds. The Morgan fingerprint density at radius 2 is 1.71 bits per heavy atom. The van der Waals surface area contributed by atoms with Gasteiger partial charge in [0.1, 0.15) is 11.8 Å². The van der Waals surface area contributed by atoms with Crippen LogP contribution < -0.4 is 20.7 Å². The van der Waals surface area contributed by atoms with Crippen molar-refractivity contribution in [3.63, 3.8) is 0 Å². The van der Waals surface area contributed by atoms with Crippen molar-refractivity contribution in [3.8, 4) is 5.75 Å². The molecule has 0 unspecified atom stereocenters. The van der Waals surface area contributed by atoms with Crippen molar-refractivity contribution in [1.29, 1.82) is 0 Å². The van der Waals surface area contributed by atoms with E-state index in [1.54, 1.807) is 45.0 Å². The first-order chi connectivity index (χ1) is 13.3. The largest absolute Gasteiger partial charge is 0.496 e. The van der Waals surface area contributed by atoms with Crippen molar-refractivity contribution in [2.24, 2.45) is 5.92 Å². The number of hydrogen-bond acceptors (Lipinski definition) is 6. The third-order valence-electron chi connectivity index (χ3n) is 3.72. The normalized spacial score (nSPS) is 11.3. The molecule has 3 N–H and O–H groups in total. The van der Waals surface area contributed by atoms with Crippen LogP contribution in [0.3, 0.4) is 0 Å². The maximum Gasteiger partial charge on any atom is 0.329 e. The summed E-state index contributed by atoms with van der Waals surface area (Å²) in [4.78, 5) is 47.8. The standard InChI is InChI=1S/C19H27N3O6/c1-5-20-15(23)10-21-16(24)11-28-19(26)17(12(2)3)22-18(25)13-8-6-7-9-14(13)27-4/h6-9,12,17H,5,10-11H2,1-4H3,(H,20,23)(H,21,24)(H,22,25)/t17-/m0/s1. The van der Waals surface area contributed by atoms with Crippen LogP contribution in [0.15, 0.2) is 24.3 Å². The second-order valence-electron chi connectivity index (χ2n) is 6.23. The van der Waals surface area contributed by atoms with E-state index in [1.165, 1.54) is 7.11 Å². The number of esters is 1. The van der Waals surface area contributed by atoms with Gasteiger partial charge < -0.3 is 25.4 Å². The number of para-hydroxylation sites is 1. The lowest BCUT2D eigenvalue weighted by atomic mass is 10.0. The van der Waals surface area contributed by atoms with Gasteiger partial charge in [0.2, 0.25) is 5.91 Å². The molecule has 0 aromatic heterocycles. The summed E-state index contributed by atoms with van der Waals surface area (Å²) >= 11 is 0. The third kappa shape index (κ3) is 7.26. The predicted molar refractivity (Wildman–Crippen MR) is 102 cm³/mol.